The molecule has 1 N–H and O–H groups in total. The first kappa shape index (κ1) is 19.8. The molecule has 2 aromatic rings. The second-order valence-corrected chi connectivity index (χ2v) is 6.99. The molecule has 4 nitrogen and oxygen atoms in total. The fourth-order valence-electron chi connectivity index (χ4n) is 2.97. The summed E-state index contributed by atoms with van der Waals surface area (Å²) in [6.45, 7) is 6.43. The SMILES string of the molecule is COc1ccc(CC(=O)N[C@@H](C)c2ccc(CC(C)C)cc2)cc1OC. The Hall–Kier alpha value is -2.49. The molecule has 0 aliphatic rings. The van der Waals surface area contributed by atoms with Crippen LogP contribution < -0.4 is 14.8 Å². The zero-order valence-corrected chi connectivity index (χ0v) is 16.3. The Kier molecular flexibility index (Phi) is 7.07. The lowest BCUT2D eigenvalue weighted by Gasteiger charge is -2.16. The third kappa shape index (κ3) is 5.51. The molecule has 0 saturated carbocycles. The summed E-state index contributed by atoms with van der Waals surface area (Å²) in [7, 11) is 3.19. The number of benzene rings is 2. The van der Waals surface area contributed by atoms with Gasteiger partial charge in [-0.15, -0.1) is 0 Å². The molecule has 2 aromatic carbocycles. The molecule has 0 aromatic heterocycles. The van der Waals surface area contributed by atoms with Crippen molar-refractivity contribution in [1.29, 1.82) is 0 Å². The number of carbonyl (C=O) groups is 1. The van der Waals surface area contributed by atoms with Crippen molar-refractivity contribution < 1.29 is 14.3 Å². The average molecular weight is 355 g/mol. The molecule has 1 amide bonds. The number of nitrogens with one attached hydrogen (secondary N) is 1. The van der Waals surface area contributed by atoms with E-state index >= 15 is 0 Å². The van der Waals surface area contributed by atoms with Crippen LogP contribution in [-0.2, 0) is 17.6 Å². The third-order valence-electron chi connectivity index (χ3n) is 4.31. The van der Waals surface area contributed by atoms with Gasteiger partial charge in [0.25, 0.3) is 0 Å². The maximum Gasteiger partial charge on any atom is 0.224 e. The Morgan fingerprint density at radius 2 is 1.54 bits per heavy atom. The molecule has 0 saturated heterocycles. The minimum absolute atomic E-state index is 0.0176. The molecule has 0 heterocycles. The van der Waals surface area contributed by atoms with Crippen molar-refractivity contribution in [1.82, 2.24) is 5.32 Å². The highest BCUT2D eigenvalue weighted by atomic mass is 16.5. The highest BCUT2D eigenvalue weighted by Gasteiger charge is 2.12. The first-order valence-electron chi connectivity index (χ1n) is 9.02. The Morgan fingerprint density at radius 3 is 2.12 bits per heavy atom. The molecule has 0 fully saturated rings. The summed E-state index contributed by atoms with van der Waals surface area (Å²) in [5, 5.41) is 3.06. The van der Waals surface area contributed by atoms with Gasteiger partial charge in [0.15, 0.2) is 11.5 Å². The number of ether oxygens (including phenoxy) is 2. The van der Waals surface area contributed by atoms with Crippen LogP contribution >= 0.6 is 0 Å². The van der Waals surface area contributed by atoms with Gasteiger partial charge in [-0.2, -0.15) is 0 Å². The molecule has 140 valence electrons. The van der Waals surface area contributed by atoms with Crippen molar-refractivity contribution >= 4 is 5.91 Å². The quantitative estimate of drug-likeness (QED) is 0.767. The van der Waals surface area contributed by atoms with E-state index in [0.29, 0.717) is 23.8 Å². The molecule has 26 heavy (non-hydrogen) atoms. The van der Waals surface area contributed by atoms with Crippen LogP contribution in [-0.4, -0.2) is 20.1 Å². The standard InChI is InChI=1S/C22H29NO3/c1-15(2)12-17-6-9-19(10-7-17)16(3)23-22(24)14-18-8-11-20(25-4)21(13-18)26-5/h6-11,13,15-16H,12,14H2,1-5H3,(H,23,24)/t16-/m0/s1. The van der Waals surface area contributed by atoms with Crippen molar-refractivity contribution in [3.05, 3.63) is 59.2 Å². The van der Waals surface area contributed by atoms with Crippen LogP contribution in [0.3, 0.4) is 0 Å². The number of amides is 1. The van der Waals surface area contributed by atoms with Gasteiger partial charge in [0.1, 0.15) is 0 Å². The van der Waals surface area contributed by atoms with Gasteiger partial charge in [-0.3, -0.25) is 4.79 Å². The minimum Gasteiger partial charge on any atom is -0.493 e. The first-order valence-corrected chi connectivity index (χ1v) is 9.02. The van der Waals surface area contributed by atoms with Crippen molar-refractivity contribution in [3.8, 4) is 11.5 Å². The van der Waals surface area contributed by atoms with Crippen molar-refractivity contribution in [2.24, 2.45) is 5.92 Å². The second kappa shape index (κ2) is 9.27. The Labute approximate surface area is 156 Å². The average Bonchev–Trinajstić information content (AvgIpc) is 2.61. The molecule has 2 rings (SSSR count). The summed E-state index contributed by atoms with van der Waals surface area (Å²) >= 11 is 0. The van der Waals surface area contributed by atoms with E-state index in [1.165, 1.54) is 5.56 Å². The summed E-state index contributed by atoms with van der Waals surface area (Å²) in [6.07, 6.45) is 1.37. The molecule has 4 heteroatoms. The third-order valence-corrected chi connectivity index (χ3v) is 4.31. The predicted octanol–water partition coefficient (Wildman–Crippen LogP) is 4.32. The van der Waals surface area contributed by atoms with Crippen LogP contribution in [0.5, 0.6) is 11.5 Å². The van der Waals surface area contributed by atoms with E-state index in [4.69, 9.17) is 9.47 Å². The van der Waals surface area contributed by atoms with Gasteiger partial charge in [-0.05, 0) is 48.1 Å². The molecular weight excluding hydrogens is 326 g/mol. The van der Waals surface area contributed by atoms with Crippen LogP contribution in [0.2, 0.25) is 0 Å². The van der Waals surface area contributed by atoms with E-state index in [-0.39, 0.29) is 11.9 Å². The fraction of sp³-hybridized carbons (Fsp3) is 0.409. The summed E-state index contributed by atoms with van der Waals surface area (Å²) in [4.78, 5) is 12.4. The molecule has 1 atom stereocenters. The van der Waals surface area contributed by atoms with Crippen LogP contribution in [0, 0.1) is 5.92 Å². The van der Waals surface area contributed by atoms with Gasteiger partial charge in [0.05, 0.1) is 26.7 Å². The van der Waals surface area contributed by atoms with Gasteiger partial charge in [0.2, 0.25) is 5.91 Å². The molecule has 0 radical (unpaired) electrons. The van der Waals surface area contributed by atoms with Crippen molar-refractivity contribution in [2.45, 2.75) is 39.7 Å². The zero-order valence-electron chi connectivity index (χ0n) is 16.3. The van der Waals surface area contributed by atoms with Gasteiger partial charge < -0.3 is 14.8 Å². The Bertz CT molecular complexity index is 723. The number of hydrogen-bond donors (Lipinski definition) is 1. The fourth-order valence-corrected chi connectivity index (χ4v) is 2.97. The van der Waals surface area contributed by atoms with Gasteiger partial charge in [-0.25, -0.2) is 0 Å². The van der Waals surface area contributed by atoms with E-state index in [2.05, 4.69) is 43.4 Å². The zero-order chi connectivity index (χ0) is 19.1. The van der Waals surface area contributed by atoms with Crippen molar-refractivity contribution in [3.63, 3.8) is 0 Å². The maximum absolute atomic E-state index is 12.4. The maximum atomic E-state index is 12.4. The lowest BCUT2D eigenvalue weighted by molar-refractivity contribution is -0.121. The smallest absolute Gasteiger partial charge is 0.224 e. The number of carbonyl (C=O) groups excluding carboxylic acids is 1. The molecular formula is C22H29NO3. The molecule has 0 aliphatic carbocycles. The summed E-state index contributed by atoms with van der Waals surface area (Å²) in [6, 6.07) is 14.0. The molecule has 0 bridgehead atoms. The molecule has 0 aliphatic heterocycles. The van der Waals surface area contributed by atoms with E-state index < -0.39 is 0 Å². The van der Waals surface area contributed by atoms with E-state index in [1.54, 1.807) is 14.2 Å². The van der Waals surface area contributed by atoms with Crippen molar-refractivity contribution in [2.75, 3.05) is 14.2 Å². The highest BCUT2D eigenvalue weighted by molar-refractivity contribution is 5.79. The van der Waals surface area contributed by atoms with E-state index in [0.717, 1.165) is 17.5 Å². The topological polar surface area (TPSA) is 47.6 Å². The van der Waals surface area contributed by atoms with Crippen LogP contribution in [0.1, 0.15) is 43.5 Å². The van der Waals surface area contributed by atoms with Crippen LogP contribution in [0.4, 0.5) is 0 Å². The Balaban J connectivity index is 1.96. The van der Waals surface area contributed by atoms with Gasteiger partial charge in [-0.1, -0.05) is 44.2 Å². The number of rotatable bonds is 8. The highest BCUT2D eigenvalue weighted by Crippen LogP contribution is 2.27. The molecule has 0 spiro atoms. The predicted molar refractivity (Wildman–Crippen MR) is 105 cm³/mol. The lowest BCUT2D eigenvalue weighted by atomic mass is 10.00. The normalized spacial score (nSPS) is 11.9. The largest absolute Gasteiger partial charge is 0.493 e. The number of methoxy groups -OCH3 is 2. The van der Waals surface area contributed by atoms with E-state index in [9.17, 15) is 4.79 Å². The number of hydrogen-bond acceptors (Lipinski definition) is 3. The Morgan fingerprint density at radius 1 is 0.923 bits per heavy atom. The second-order valence-electron chi connectivity index (χ2n) is 6.99. The van der Waals surface area contributed by atoms with Gasteiger partial charge >= 0.3 is 0 Å². The molecule has 0 unspecified atom stereocenters. The van der Waals surface area contributed by atoms with Crippen LogP contribution in [0.15, 0.2) is 42.5 Å². The monoisotopic (exact) mass is 355 g/mol. The van der Waals surface area contributed by atoms with E-state index in [1.807, 2.05) is 25.1 Å². The van der Waals surface area contributed by atoms with Gasteiger partial charge in [0, 0.05) is 0 Å². The minimum atomic E-state index is -0.0317. The summed E-state index contributed by atoms with van der Waals surface area (Å²) in [5.74, 6) is 1.91. The van der Waals surface area contributed by atoms with Crippen LogP contribution in [0.25, 0.3) is 0 Å². The summed E-state index contributed by atoms with van der Waals surface area (Å²) in [5.41, 5.74) is 3.32. The first-order chi connectivity index (χ1) is 12.4. The summed E-state index contributed by atoms with van der Waals surface area (Å²) < 4.78 is 10.5. The lowest BCUT2D eigenvalue weighted by Crippen LogP contribution is -2.28.